The molecule has 1 saturated heterocycles. The lowest BCUT2D eigenvalue weighted by Gasteiger charge is -2.30. The predicted octanol–water partition coefficient (Wildman–Crippen LogP) is 3.72. The summed E-state index contributed by atoms with van der Waals surface area (Å²) in [5.74, 6) is 1.66. The number of aryl methyl sites for hydroxylation is 2. The van der Waals surface area contributed by atoms with Gasteiger partial charge in [-0.1, -0.05) is 41.8 Å². The highest BCUT2D eigenvalue weighted by Gasteiger charge is 2.35. The zero-order valence-electron chi connectivity index (χ0n) is 16.6. The van der Waals surface area contributed by atoms with Crippen molar-refractivity contribution in [3.05, 3.63) is 70.9 Å². The number of hydrogen-bond acceptors (Lipinski definition) is 3. The summed E-state index contributed by atoms with van der Waals surface area (Å²) in [5, 5.41) is 3.62. The first-order chi connectivity index (χ1) is 14.4. The van der Waals surface area contributed by atoms with Gasteiger partial charge in [0.05, 0.1) is 12.2 Å². The molecule has 2 heterocycles. The van der Waals surface area contributed by atoms with Crippen LogP contribution in [0.4, 0.5) is 5.69 Å². The fourth-order valence-corrected chi connectivity index (χ4v) is 3.98. The third-order valence-corrected chi connectivity index (χ3v) is 5.36. The molecule has 6 heteroatoms. The maximum Gasteiger partial charge on any atom is 0.270 e. The van der Waals surface area contributed by atoms with Crippen LogP contribution in [0.15, 0.2) is 54.2 Å². The summed E-state index contributed by atoms with van der Waals surface area (Å²) < 4.78 is 1.92. The van der Waals surface area contributed by atoms with Gasteiger partial charge in [0.1, 0.15) is 5.57 Å². The van der Waals surface area contributed by atoms with Crippen molar-refractivity contribution in [2.24, 2.45) is 0 Å². The SMILES string of the molecule is C#CCn1cc(C=C2C(=O)NC(=S)N(c3ccc(C)cc3C)C2=O)c2ccccc21. The highest BCUT2D eigenvalue weighted by molar-refractivity contribution is 7.80. The van der Waals surface area contributed by atoms with Gasteiger partial charge < -0.3 is 4.57 Å². The minimum atomic E-state index is -0.514. The van der Waals surface area contributed by atoms with Crippen molar-refractivity contribution in [3.63, 3.8) is 0 Å². The number of fused-ring (bicyclic) bond motifs is 1. The zero-order valence-corrected chi connectivity index (χ0v) is 17.4. The van der Waals surface area contributed by atoms with E-state index in [4.69, 9.17) is 18.6 Å². The molecular weight excluding hydrogens is 394 g/mol. The second kappa shape index (κ2) is 7.62. The summed E-state index contributed by atoms with van der Waals surface area (Å²) in [7, 11) is 0. The molecule has 1 aromatic heterocycles. The zero-order chi connectivity index (χ0) is 21.4. The summed E-state index contributed by atoms with van der Waals surface area (Å²) in [5.41, 5.74) is 4.32. The molecule has 3 aromatic rings. The number of nitrogens with zero attached hydrogens (tertiary/aromatic N) is 2. The number of thiocarbonyl (C=S) groups is 1. The summed E-state index contributed by atoms with van der Waals surface area (Å²) in [6.07, 6.45) is 8.94. The first kappa shape index (κ1) is 19.6. The van der Waals surface area contributed by atoms with E-state index in [2.05, 4.69) is 11.2 Å². The van der Waals surface area contributed by atoms with Gasteiger partial charge in [0.25, 0.3) is 11.8 Å². The van der Waals surface area contributed by atoms with Crippen molar-refractivity contribution in [1.29, 1.82) is 0 Å². The van der Waals surface area contributed by atoms with Gasteiger partial charge in [-0.2, -0.15) is 0 Å². The molecule has 0 spiro atoms. The summed E-state index contributed by atoms with van der Waals surface area (Å²) >= 11 is 5.31. The van der Waals surface area contributed by atoms with E-state index in [-0.39, 0.29) is 10.7 Å². The van der Waals surface area contributed by atoms with Crippen molar-refractivity contribution < 1.29 is 9.59 Å². The number of rotatable bonds is 3. The second-order valence-corrected chi connectivity index (χ2v) is 7.57. The monoisotopic (exact) mass is 413 g/mol. The smallest absolute Gasteiger partial charge is 0.270 e. The van der Waals surface area contributed by atoms with Crippen LogP contribution in [0.25, 0.3) is 17.0 Å². The number of benzene rings is 2. The van der Waals surface area contributed by atoms with E-state index < -0.39 is 11.8 Å². The molecule has 0 unspecified atom stereocenters. The van der Waals surface area contributed by atoms with Crippen LogP contribution < -0.4 is 10.2 Å². The van der Waals surface area contributed by atoms with E-state index in [1.807, 2.05) is 67.1 Å². The Morgan fingerprint density at radius 2 is 1.93 bits per heavy atom. The van der Waals surface area contributed by atoms with Crippen LogP contribution in [0.5, 0.6) is 0 Å². The van der Waals surface area contributed by atoms with Gasteiger partial charge in [-0.3, -0.25) is 19.8 Å². The standard InChI is InChI=1S/C24H19N3O2S/c1-4-11-26-14-17(18-7-5-6-8-21(18)26)13-19-22(28)25-24(30)27(23(19)29)20-10-9-15(2)12-16(20)3/h1,5-10,12-14H,11H2,2-3H3,(H,25,28,30). The van der Waals surface area contributed by atoms with Gasteiger partial charge in [-0.15, -0.1) is 6.42 Å². The lowest BCUT2D eigenvalue weighted by Crippen LogP contribution is -2.54. The maximum atomic E-state index is 13.3. The molecule has 0 radical (unpaired) electrons. The Morgan fingerprint density at radius 3 is 2.67 bits per heavy atom. The highest BCUT2D eigenvalue weighted by Crippen LogP contribution is 2.28. The Hall–Kier alpha value is -3.69. The molecule has 0 bridgehead atoms. The van der Waals surface area contributed by atoms with E-state index in [1.165, 1.54) is 4.90 Å². The quantitative estimate of drug-likeness (QED) is 0.308. The number of carbonyl (C=O) groups is 2. The third-order valence-electron chi connectivity index (χ3n) is 5.08. The van der Waals surface area contributed by atoms with E-state index in [1.54, 1.807) is 6.08 Å². The number of carbonyl (C=O) groups excluding carboxylic acids is 2. The topological polar surface area (TPSA) is 54.3 Å². The van der Waals surface area contributed by atoms with Crippen molar-refractivity contribution in [1.82, 2.24) is 9.88 Å². The van der Waals surface area contributed by atoms with Gasteiger partial charge in [0.15, 0.2) is 5.11 Å². The van der Waals surface area contributed by atoms with E-state index in [9.17, 15) is 9.59 Å². The van der Waals surface area contributed by atoms with Crippen LogP contribution in [0.2, 0.25) is 0 Å². The predicted molar refractivity (Wildman–Crippen MR) is 123 cm³/mol. The van der Waals surface area contributed by atoms with Crippen LogP contribution in [0.3, 0.4) is 0 Å². The van der Waals surface area contributed by atoms with Crippen molar-refractivity contribution >= 4 is 51.8 Å². The number of anilines is 1. The van der Waals surface area contributed by atoms with Crippen molar-refractivity contribution in [3.8, 4) is 12.3 Å². The number of nitrogens with one attached hydrogen (secondary N) is 1. The van der Waals surface area contributed by atoms with Crippen LogP contribution in [-0.4, -0.2) is 21.5 Å². The molecule has 4 rings (SSSR count). The summed E-state index contributed by atoms with van der Waals surface area (Å²) in [4.78, 5) is 27.4. The number of aromatic nitrogens is 1. The molecule has 1 aliphatic heterocycles. The molecule has 0 saturated carbocycles. The Kier molecular flexibility index (Phi) is 4.98. The Morgan fingerprint density at radius 1 is 1.17 bits per heavy atom. The van der Waals surface area contributed by atoms with Gasteiger partial charge in [-0.05, 0) is 49.8 Å². The first-order valence-electron chi connectivity index (χ1n) is 9.40. The minimum absolute atomic E-state index is 0.0205. The van der Waals surface area contributed by atoms with Gasteiger partial charge in [0.2, 0.25) is 0 Å². The summed E-state index contributed by atoms with van der Waals surface area (Å²) in [6.45, 7) is 4.28. The lowest BCUT2D eigenvalue weighted by molar-refractivity contribution is -0.122. The first-order valence-corrected chi connectivity index (χ1v) is 9.81. The van der Waals surface area contributed by atoms with Gasteiger partial charge in [-0.25, -0.2) is 0 Å². The summed E-state index contributed by atoms with van der Waals surface area (Å²) in [6, 6.07) is 13.4. The molecule has 1 fully saturated rings. The largest absolute Gasteiger partial charge is 0.335 e. The average molecular weight is 414 g/mol. The van der Waals surface area contributed by atoms with Crippen LogP contribution in [0, 0.1) is 26.2 Å². The van der Waals surface area contributed by atoms with Crippen molar-refractivity contribution in [2.45, 2.75) is 20.4 Å². The maximum absolute atomic E-state index is 13.3. The van der Waals surface area contributed by atoms with Gasteiger partial charge in [0, 0.05) is 22.7 Å². The molecule has 1 aliphatic rings. The van der Waals surface area contributed by atoms with Crippen LogP contribution in [-0.2, 0) is 16.1 Å². The van der Waals surface area contributed by atoms with E-state index in [0.717, 1.165) is 27.6 Å². The van der Waals surface area contributed by atoms with Crippen LogP contribution in [0.1, 0.15) is 16.7 Å². The molecule has 30 heavy (non-hydrogen) atoms. The fourth-order valence-electron chi connectivity index (χ4n) is 3.71. The second-order valence-electron chi connectivity index (χ2n) is 7.18. The highest BCUT2D eigenvalue weighted by atomic mass is 32.1. The molecule has 0 aliphatic carbocycles. The fraction of sp³-hybridized carbons (Fsp3) is 0.125. The lowest BCUT2D eigenvalue weighted by atomic mass is 10.0. The minimum Gasteiger partial charge on any atom is -0.335 e. The van der Waals surface area contributed by atoms with Gasteiger partial charge >= 0.3 is 0 Å². The van der Waals surface area contributed by atoms with E-state index in [0.29, 0.717) is 12.2 Å². The molecular formula is C24H19N3O2S. The Bertz CT molecular complexity index is 1290. The van der Waals surface area contributed by atoms with Crippen LogP contribution >= 0.6 is 12.2 Å². The number of terminal acetylenes is 1. The van der Waals surface area contributed by atoms with E-state index >= 15 is 0 Å². The third kappa shape index (κ3) is 3.30. The molecule has 2 aromatic carbocycles. The Balaban J connectivity index is 1.83. The molecule has 2 amide bonds. The molecule has 5 nitrogen and oxygen atoms in total. The number of hydrogen-bond donors (Lipinski definition) is 1. The molecule has 148 valence electrons. The normalized spacial score (nSPS) is 15.6. The average Bonchev–Trinajstić information content (AvgIpc) is 3.05. The molecule has 0 atom stereocenters. The number of para-hydroxylation sites is 1. The Labute approximate surface area is 180 Å². The van der Waals surface area contributed by atoms with Crippen molar-refractivity contribution in [2.75, 3.05) is 4.90 Å². The molecule has 1 N–H and O–H groups in total. The number of amides is 2.